The fraction of sp³-hybridized carbons (Fsp3) is 0.286. The van der Waals surface area contributed by atoms with E-state index in [0.717, 1.165) is 0 Å². The average molecular weight is 314 g/mol. The molecule has 1 aromatic heterocycles. The summed E-state index contributed by atoms with van der Waals surface area (Å²) in [5, 5.41) is 10.4. The molecule has 14 heavy (non-hydrogen) atoms. The molecule has 0 amide bonds. The number of nitrogens with zero attached hydrogens (tertiary/aromatic N) is 2. The van der Waals surface area contributed by atoms with E-state index in [1.807, 2.05) is 0 Å². The molecular weight excluding hydrogens is 309 g/mol. The molecule has 0 unspecified atom stereocenters. The fourth-order valence-corrected chi connectivity index (χ4v) is 1.90. The third-order valence-electron chi connectivity index (χ3n) is 1.51. The van der Waals surface area contributed by atoms with E-state index in [1.165, 1.54) is 13.0 Å². The minimum absolute atomic E-state index is 0.164. The first-order valence-electron chi connectivity index (χ1n) is 3.53. The molecule has 0 saturated carbocycles. The Morgan fingerprint density at radius 1 is 1.64 bits per heavy atom. The van der Waals surface area contributed by atoms with E-state index in [1.54, 1.807) is 22.6 Å². The van der Waals surface area contributed by atoms with Gasteiger partial charge in [-0.2, -0.15) is 0 Å². The molecule has 76 valence electrons. The summed E-state index contributed by atoms with van der Waals surface area (Å²) < 4.78 is 25.0. The molecule has 0 N–H and O–H groups in total. The van der Waals surface area contributed by atoms with Crippen LogP contribution in [0, 0.1) is 20.6 Å². The number of alkyl halides is 2. The van der Waals surface area contributed by atoms with Crippen molar-refractivity contribution in [3.8, 4) is 0 Å². The molecule has 1 heterocycles. The Morgan fingerprint density at radius 2 is 2.21 bits per heavy atom. The second kappa shape index (κ2) is 4.11. The van der Waals surface area contributed by atoms with E-state index in [2.05, 4.69) is 4.98 Å². The Hall–Kier alpha value is -0.860. The van der Waals surface area contributed by atoms with Crippen molar-refractivity contribution in [2.45, 2.75) is 13.3 Å². The lowest BCUT2D eigenvalue weighted by atomic mass is 10.2. The normalized spacial score (nSPS) is 10.6. The van der Waals surface area contributed by atoms with Crippen molar-refractivity contribution in [1.82, 2.24) is 4.98 Å². The Bertz CT molecular complexity index is 384. The van der Waals surface area contributed by atoms with Gasteiger partial charge in [-0.15, -0.1) is 0 Å². The van der Waals surface area contributed by atoms with Gasteiger partial charge in [0.05, 0.1) is 0 Å². The van der Waals surface area contributed by atoms with Gasteiger partial charge in [-0.1, -0.05) is 0 Å². The Morgan fingerprint density at radius 3 is 2.64 bits per heavy atom. The maximum absolute atomic E-state index is 12.4. The zero-order valence-corrected chi connectivity index (χ0v) is 9.16. The summed E-state index contributed by atoms with van der Waals surface area (Å²) in [4.78, 5) is 13.0. The summed E-state index contributed by atoms with van der Waals surface area (Å²) >= 11 is 1.64. The highest BCUT2D eigenvalue weighted by Crippen LogP contribution is 2.31. The first kappa shape index (κ1) is 11.2. The van der Waals surface area contributed by atoms with Crippen LogP contribution < -0.4 is 0 Å². The highest BCUT2D eigenvalue weighted by Gasteiger charge is 2.26. The van der Waals surface area contributed by atoms with E-state index in [4.69, 9.17) is 0 Å². The first-order chi connectivity index (χ1) is 6.43. The second-order valence-corrected chi connectivity index (χ2v) is 3.70. The van der Waals surface area contributed by atoms with Crippen LogP contribution in [-0.2, 0) is 0 Å². The minimum atomic E-state index is -2.88. The van der Waals surface area contributed by atoms with Crippen molar-refractivity contribution in [2.75, 3.05) is 0 Å². The monoisotopic (exact) mass is 314 g/mol. The number of aromatic nitrogens is 1. The molecule has 0 spiro atoms. The van der Waals surface area contributed by atoms with E-state index in [0.29, 0.717) is 5.69 Å². The number of pyridine rings is 1. The first-order valence-corrected chi connectivity index (χ1v) is 4.61. The molecule has 0 fully saturated rings. The maximum Gasteiger partial charge on any atom is 0.373 e. The standard InChI is InChI=1S/C7H5F2IN2O2/c1-3-2-4(10)5(6(8)9)7(11-3)12(13)14/h2,6H,1H3. The van der Waals surface area contributed by atoms with Gasteiger partial charge in [0, 0.05) is 10.5 Å². The van der Waals surface area contributed by atoms with Gasteiger partial charge < -0.3 is 10.1 Å². The quantitative estimate of drug-likeness (QED) is 0.479. The number of hydrogen-bond donors (Lipinski definition) is 0. The van der Waals surface area contributed by atoms with E-state index >= 15 is 0 Å². The predicted molar refractivity (Wildman–Crippen MR) is 53.3 cm³/mol. The van der Waals surface area contributed by atoms with Crippen LogP contribution in [0.2, 0.25) is 0 Å². The largest absolute Gasteiger partial charge is 0.373 e. The molecule has 0 bridgehead atoms. The van der Waals surface area contributed by atoms with Gasteiger partial charge >= 0.3 is 5.82 Å². The summed E-state index contributed by atoms with van der Waals surface area (Å²) in [7, 11) is 0. The molecule has 0 aliphatic carbocycles. The average Bonchev–Trinajstić information content (AvgIpc) is 2.01. The van der Waals surface area contributed by atoms with Gasteiger partial charge in [-0.25, -0.2) is 8.78 Å². The Labute approximate surface area is 91.6 Å². The Kier molecular flexibility index (Phi) is 3.29. The van der Waals surface area contributed by atoms with Crippen molar-refractivity contribution in [3.63, 3.8) is 0 Å². The van der Waals surface area contributed by atoms with Crippen molar-refractivity contribution in [3.05, 3.63) is 31.0 Å². The molecule has 4 nitrogen and oxygen atoms in total. The lowest BCUT2D eigenvalue weighted by Gasteiger charge is -2.03. The molecule has 0 aromatic carbocycles. The third kappa shape index (κ3) is 2.14. The summed E-state index contributed by atoms with van der Waals surface area (Å²) in [5.74, 6) is -0.760. The fourth-order valence-electron chi connectivity index (χ4n) is 0.968. The Balaban J connectivity index is 3.44. The smallest absolute Gasteiger partial charge is 0.358 e. The van der Waals surface area contributed by atoms with Crippen LogP contribution in [-0.4, -0.2) is 9.91 Å². The number of hydrogen-bond acceptors (Lipinski definition) is 3. The third-order valence-corrected chi connectivity index (χ3v) is 2.40. The molecule has 7 heteroatoms. The highest BCUT2D eigenvalue weighted by atomic mass is 127. The van der Waals surface area contributed by atoms with Gasteiger partial charge in [-0.3, -0.25) is 0 Å². The predicted octanol–water partition coefficient (Wildman–Crippen LogP) is 2.84. The second-order valence-electron chi connectivity index (χ2n) is 2.54. The van der Waals surface area contributed by atoms with Gasteiger partial charge in [0.25, 0.3) is 6.43 Å². The SMILES string of the molecule is Cc1cc(I)c(C(F)F)c([N+](=O)[O-])n1. The van der Waals surface area contributed by atoms with Crippen LogP contribution in [0.15, 0.2) is 6.07 Å². The molecule has 0 atom stereocenters. The van der Waals surface area contributed by atoms with Gasteiger partial charge in [-0.05, 0) is 38.6 Å². The summed E-state index contributed by atoms with van der Waals surface area (Å²) in [6.07, 6.45) is -2.88. The maximum atomic E-state index is 12.4. The van der Waals surface area contributed by atoms with Crippen molar-refractivity contribution >= 4 is 28.4 Å². The minimum Gasteiger partial charge on any atom is -0.358 e. The number of rotatable bonds is 2. The summed E-state index contributed by atoms with van der Waals surface area (Å²) in [6.45, 7) is 1.52. The topological polar surface area (TPSA) is 56.0 Å². The highest BCUT2D eigenvalue weighted by molar-refractivity contribution is 14.1. The molecule has 0 saturated heterocycles. The number of aryl methyl sites for hydroxylation is 1. The van der Waals surface area contributed by atoms with E-state index < -0.39 is 22.7 Å². The van der Waals surface area contributed by atoms with Crippen molar-refractivity contribution in [1.29, 1.82) is 0 Å². The van der Waals surface area contributed by atoms with Gasteiger partial charge in [0.1, 0.15) is 5.56 Å². The van der Waals surface area contributed by atoms with Crippen LogP contribution in [0.1, 0.15) is 17.7 Å². The number of nitro groups is 1. The van der Waals surface area contributed by atoms with Crippen LogP contribution in [0.5, 0.6) is 0 Å². The molecule has 0 aliphatic rings. The van der Waals surface area contributed by atoms with Gasteiger partial charge in [0.15, 0.2) is 5.69 Å². The van der Waals surface area contributed by atoms with Crippen LogP contribution in [0.3, 0.4) is 0 Å². The molecule has 1 aromatic rings. The lowest BCUT2D eigenvalue weighted by Crippen LogP contribution is -2.03. The zero-order chi connectivity index (χ0) is 10.9. The number of halogens is 3. The van der Waals surface area contributed by atoms with Gasteiger partial charge in [0.2, 0.25) is 0 Å². The van der Waals surface area contributed by atoms with Crippen LogP contribution >= 0.6 is 22.6 Å². The van der Waals surface area contributed by atoms with Crippen LogP contribution in [0.25, 0.3) is 0 Å². The van der Waals surface area contributed by atoms with Crippen molar-refractivity contribution in [2.24, 2.45) is 0 Å². The van der Waals surface area contributed by atoms with E-state index in [-0.39, 0.29) is 3.57 Å². The van der Waals surface area contributed by atoms with Crippen molar-refractivity contribution < 1.29 is 13.7 Å². The van der Waals surface area contributed by atoms with Crippen LogP contribution in [0.4, 0.5) is 14.6 Å². The molecule has 1 rings (SSSR count). The molecular formula is C7H5F2IN2O2. The summed E-state index contributed by atoms with van der Waals surface area (Å²) in [6, 6.07) is 1.38. The van der Waals surface area contributed by atoms with E-state index in [9.17, 15) is 18.9 Å². The molecule has 0 aliphatic heterocycles. The molecule has 0 radical (unpaired) electrons. The summed E-state index contributed by atoms with van der Waals surface area (Å²) in [5.41, 5.74) is -0.258. The lowest BCUT2D eigenvalue weighted by molar-refractivity contribution is -0.391. The zero-order valence-electron chi connectivity index (χ0n) is 7.00.